The van der Waals surface area contributed by atoms with Crippen molar-refractivity contribution >= 4 is 23.1 Å². The SMILES string of the molecule is CC(C)(C)OC(=O)N1CCC(Nc2nc3ccccc3n2CC(O)c2ccccc2)CC1. The Morgan fingerprint density at radius 3 is 2.47 bits per heavy atom. The maximum absolute atomic E-state index is 12.3. The predicted octanol–water partition coefficient (Wildman–Crippen LogP) is 4.58. The van der Waals surface area contributed by atoms with Gasteiger partial charge in [0.1, 0.15) is 5.60 Å². The lowest BCUT2D eigenvalue weighted by atomic mass is 10.1. The molecule has 7 heteroatoms. The van der Waals surface area contributed by atoms with Crippen LogP contribution in [0.3, 0.4) is 0 Å². The standard InChI is InChI=1S/C25H32N4O3/c1-25(2,3)32-24(31)28-15-13-19(14-16-28)26-23-27-20-11-7-8-12-21(20)29(23)17-22(30)18-9-5-4-6-10-18/h4-12,19,22,30H,13-17H2,1-3H3,(H,26,27). The number of aromatic nitrogens is 2. The van der Waals surface area contributed by atoms with Crippen LogP contribution in [0.2, 0.25) is 0 Å². The van der Waals surface area contributed by atoms with Crippen LogP contribution < -0.4 is 5.32 Å². The number of ether oxygens (including phenoxy) is 1. The molecule has 2 aromatic carbocycles. The number of carbonyl (C=O) groups is 1. The van der Waals surface area contributed by atoms with Crippen LogP contribution in [0.15, 0.2) is 54.6 Å². The van der Waals surface area contributed by atoms with Crippen molar-refractivity contribution in [1.82, 2.24) is 14.5 Å². The predicted molar refractivity (Wildman–Crippen MR) is 126 cm³/mol. The fourth-order valence-electron chi connectivity index (χ4n) is 4.04. The van der Waals surface area contributed by atoms with E-state index in [-0.39, 0.29) is 12.1 Å². The smallest absolute Gasteiger partial charge is 0.410 e. The van der Waals surface area contributed by atoms with Gasteiger partial charge in [-0.15, -0.1) is 0 Å². The molecule has 0 bridgehead atoms. The van der Waals surface area contributed by atoms with Crippen molar-refractivity contribution in [3.05, 3.63) is 60.2 Å². The molecule has 1 aromatic heterocycles. The number of piperidine rings is 1. The van der Waals surface area contributed by atoms with E-state index in [9.17, 15) is 9.90 Å². The number of fused-ring (bicyclic) bond motifs is 1. The first kappa shape index (κ1) is 22.1. The van der Waals surface area contributed by atoms with Gasteiger partial charge in [0.05, 0.1) is 23.7 Å². The zero-order chi connectivity index (χ0) is 22.7. The number of likely N-dealkylation sites (tertiary alicyclic amines) is 1. The summed E-state index contributed by atoms with van der Waals surface area (Å²) in [4.78, 5) is 18.9. The van der Waals surface area contributed by atoms with Gasteiger partial charge in [0.25, 0.3) is 0 Å². The highest BCUT2D eigenvalue weighted by Crippen LogP contribution is 2.26. The van der Waals surface area contributed by atoms with Crippen molar-refractivity contribution in [3.8, 4) is 0 Å². The first-order valence-electron chi connectivity index (χ1n) is 11.2. The number of carbonyl (C=O) groups excluding carboxylic acids is 1. The van der Waals surface area contributed by atoms with Gasteiger partial charge in [0.2, 0.25) is 5.95 Å². The molecule has 2 heterocycles. The second kappa shape index (κ2) is 9.20. The zero-order valence-corrected chi connectivity index (χ0v) is 19.0. The number of aliphatic hydroxyl groups excluding tert-OH is 1. The van der Waals surface area contributed by atoms with Crippen molar-refractivity contribution in [2.75, 3.05) is 18.4 Å². The highest BCUT2D eigenvalue weighted by atomic mass is 16.6. The summed E-state index contributed by atoms with van der Waals surface area (Å²) < 4.78 is 7.55. The number of anilines is 1. The summed E-state index contributed by atoms with van der Waals surface area (Å²) in [7, 11) is 0. The summed E-state index contributed by atoms with van der Waals surface area (Å²) in [6.07, 6.45) is 0.727. The molecule has 4 rings (SSSR count). The number of rotatable bonds is 5. The summed E-state index contributed by atoms with van der Waals surface area (Å²) >= 11 is 0. The highest BCUT2D eigenvalue weighted by molar-refractivity contribution is 5.78. The van der Waals surface area contributed by atoms with E-state index < -0.39 is 11.7 Å². The van der Waals surface area contributed by atoms with Crippen LogP contribution in [0.4, 0.5) is 10.7 Å². The van der Waals surface area contributed by atoms with Gasteiger partial charge in [-0.05, 0) is 51.3 Å². The maximum atomic E-state index is 12.3. The van der Waals surface area contributed by atoms with Crippen molar-refractivity contribution in [2.24, 2.45) is 0 Å². The van der Waals surface area contributed by atoms with E-state index in [1.54, 1.807) is 4.90 Å². The van der Waals surface area contributed by atoms with Crippen molar-refractivity contribution < 1.29 is 14.6 Å². The normalized spacial score (nSPS) is 16.2. The molecule has 2 N–H and O–H groups in total. The van der Waals surface area contributed by atoms with E-state index in [0.717, 1.165) is 35.4 Å². The first-order valence-corrected chi connectivity index (χ1v) is 11.2. The van der Waals surface area contributed by atoms with Crippen LogP contribution in [-0.4, -0.2) is 50.4 Å². The fraction of sp³-hybridized carbons (Fsp3) is 0.440. The van der Waals surface area contributed by atoms with E-state index in [2.05, 4.69) is 5.32 Å². The van der Waals surface area contributed by atoms with E-state index in [1.807, 2.05) is 79.9 Å². The van der Waals surface area contributed by atoms with Gasteiger partial charge in [-0.3, -0.25) is 0 Å². The molecule has 1 atom stereocenters. The first-order chi connectivity index (χ1) is 15.3. The van der Waals surface area contributed by atoms with E-state index >= 15 is 0 Å². The Morgan fingerprint density at radius 1 is 1.12 bits per heavy atom. The van der Waals surface area contributed by atoms with Gasteiger partial charge in [-0.2, -0.15) is 0 Å². The number of hydrogen-bond acceptors (Lipinski definition) is 5. The summed E-state index contributed by atoms with van der Waals surface area (Å²) in [6, 6.07) is 17.8. The van der Waals surface area contributed by atoms with E-state index in [4.69, 9.17) is 9.72 Å². The van der Waals surface area contributed by atoms with Gasteiger partial charge in [-0.1, -0.05) is 42.5 Å². The Hall–Kier alpha value is -3.06. The van der Waals surface area contributed by atoms with Gasteiger partial charge in [-0.25, -0.2) is 9.78 Å². The lowest BCUT2D eigenvalue weighted by molar-refractivity contribution is 0.0210. The number of nitrogens with one attached hydrogen (secondary N) is 1. The third-order valence-electron chi connectivity index (χ3n) is 5.67. The highest BCUT2D eigenvalue weighted by Gasteiger charge is 2.28. The fourth-order valence-corrected chi connectivity index (χ4v) is 4.04. The number of imidazole rings is 1. The lowest BCUT2D eigenvalue weighted by Crippen LogP contribution is -2.44. The quantitative estimate of drug-likeness (QED) is 0.612. The van der Waals surface area contributed by atoms with Crippen LogP contribution >= 0.6 is 0 Å². The zero-order valence-electron chi connectivity index (χ0n) is 19.0. The molecule has 3 aromatic rings. The van der Waals surface area contributed by atoms with Crippen molar-refractivity contribution in [3.63, 3.8) is 0 Å². The Labute approximate surface area is 189 Å². The number of nitrogens with zero attached hydrogens (tertiary/aromatic N) is 3. The average molecular weight is 437 g/mol. The monoisotopic (exact) mass is 436 g/mol. The molecule has 1 aliphatic rings. The largest absolute Gasteiger partial charge is 0.444 e. The number of amides is 1. The Balaban J connectivity index is 1.47. The minimum absolute atomic E-state index is 0.193. The molecule has 1 aliphatic heterocycles. The van der Waals surface area contributed by atoms with Crippen LogP contribution in [0.5, 0.6) is 0 Å². The summed E-state index contributed by atoms with van der Waals surface area (Å²) in [5, 5.41) is 14.4. The van der Waals surface area contributed by atoms with Gasteiger partial charge >= 0.3 is 6.09 Å². The maximum Gasteiger partial charge on any atom is 0.410 e. The van der Waals surface area contributed by atoms with Gasteiger partial charge in [0, 0.05) is 19.1 Å². The lowest BCUT2D eigenvalue weighted by Gasteiger charge is -2.34. The number of aliphatic hydroxyl groups is 1. The Kier molecular flexibility index (Phi) is 6.37. The molecule has 0 saturated carbocycles. The van der Waals surface area contributed by atoms with E-state index in [0.29, 0.717) is 19.6 Å². The topological polar surface area (TPSA) is 79.6 Å². The molecule has 32 heavy (non-hydrogen) atoms. The summed E-state index contributed by atoms with van der Waals surface area (Å²) in [5.74, 6) is 0.747. The Bertz CT molecular complexity index is 1050. The van der Waals surface area contributed by atoms with Crippen LogP contribution in [0.1, 0.15) is 45.3 Å². The Morgan fingerprint density at radius 2 is 1.78 bits per heavy atom. The summed E-state index contributed by atoms with van der Waals surface area (Å²) in [5.41, 5.74) is 2.26. The number of hydrogen-bond donors (Lipinski definition) is 2. The summed E-state index contributed by atoms with van der Waals surface area (Å²) in [6.45, 7) is 7.33. The molecule has 0 radical (unpaired) electrons. The second-order valence-corrected chi connectivity index (χ2v) is 9.35. The number of benzene rings is 2. The molecule has 170 valence electrons. The second-order valence-electron chi connectivity index (χ2n) is 9.35. The molecule has 0 aliphatic carbocycles. The molecule has 7 nitrogen and oxygen atoms in total. The van der Waals surface area contributed by atoms with Crippen LogP contribution in [0.25, 0.3) is 11.0 Å². The third-order valence-corrected chi connectivity index (χ3v) is 5.67. The van der Waals surface area contributed by atoms with Crippen molar-refractivity contribution in [1.29, 1.82) is 0 Å². The van der Waals surface area contributed by atoms with Gasteiger partial charge in [0.15, 0.2) is 0 Å². The minimum atomic E-state index is -0.636. The minimum Gasteiger partial charge on any atom is -0.444 e. The van der Waals surface area contributed by atoms with Gasteiger partial charge < -0.3 is 24.6 Å². The molecule has 1 unspecified atom stereocenters. The molecule has 1 saturated heterocycles. The molecular weight excluding hydrogens is 404 g/mol. The van der Waals surface area contributed by atoms with E-state index in [1.165, 1.54) is 0 Å². The van der Waals surface area contributed by atoms with Crippen LogP contribution in [-0.2, 0) is 11.3 Å². The third kappa shape index (κ3) is 5.22. The molecular formula is C25H32N4O3. The number of para-hydroxylation sites is 2. The van der Waals surface area contributed by atoms with Crippen molar-refractivity contribution in [2.45, 2.75) is 57.9 Å². The molecule has 0 spiro atoms. The molecule has 1 amide bonds. The van der Waals surface area contributed by atoms with Crippen LogP contribution in [0, 0.1) is 0 Å². The molecule has 1 fully saturated rings. The average Bonchev–Trinajstić information content (AvgIpc) is 3.10.